The fourth-order valence-corrected chi connectivity index (χ4v) is 4.74. The summed E-state index contributed by atoms with van der Waals surface area (Å²) >= 11 is 3.00. The zero-order valence-electron chi connectivity index (χ0n) is 15.2. The van der Waals surface area contributed by atoms with Crippen LogP contribution in [0.3, 0.4) is 0 Å². The second kappa shape index (κ2) is 7.66. The van der Waals surface area contributed by atoms with Gasteiger partial charge in [-0.05, 0) is 59.8 Å². The lowest BCUT2D eigenvalue weighted by atomic mass is 10.2. The second-order valence-electron chi connectivity index (χ2n) is 6.40. The van der Waals surface area contributed by atoms with E-state index in [0.717, 1.165) is 27.2 Å². The summed E-state index contributed by atoms with van der Waals surface area (Å²) in [6.45, 7) is 0. The highest BCUT2D eigenvalue weighted by atomic mass is 32.2. The minimum absolute atomic E-state index is 0.0748. The molecule has 0 saturated carbocycles. The molecule has 0 aliphatic carbocycles. The number of rotatable bonds is 3. The van der Waals surface area contributed by atoms with Gasteiger partial charge in [0, 0.05) is 0 Å². The summed E-state index contributed by atoms with van der Waals surface area (Å²) in [5.41, 5.74) is 5.34. The van der Waals surface area contributed by atoms with Gasteiger partial charge in [0.2, 0.25) is 0 Å². The van der Waals surface area contributed by atoms with Crippen LogP contribution in [-0.4, -0.2) is 16.1 Å². The van der Waals surface area contributed by atoms with E-state index in [-0.39, 0.29) is 5.91 Å². The van der Waals surface area contributed by atoms with Crippen molar-refractivity contribution in [2.24, 2.45) is 4.99 Å². The molecule has 1 aromatic heterocycles. The highest BCUT2D eigenvalue weighted by Crippen LogP contribution is 2.37. The first-order chi connectivity index (χ1) is 14.3. The molecule has 1 amide bonds. The molecule has 4 aromatic rings. The number of benzene rings is 3. The van der Waals surface area contributed by atoms with Gasteiger partial charge in [-0.2, -0.15) is 0 Å². The fraction of sp³-hybridized carbons (Fsp3) is 0. The lowest BCUT2D eigenvalue weighted by Crippen LogP contribution is -2.28. The summed E-state index contributed by atoms with van der Waals surface area (Å²) in [7, 11) is 0. The van der Waals surface area contributed by atoms with Crippen LogP contribution in [0.1, 0.15) is 5.56 Å². The summed E-state index contributed by atoms with van der Waals surface area (Å²) in [5.74, 6) is -0.0748. The number of hydrogen-bond donors (Lipinski definition) is 0. The Morgan fingerprint density at radius 2 is 1.69 bits per heavy atom. The number of amides is 1. The third-order valence-corrected chi connectivity index (χ3v) is 6.23. The van der Waals surface area contributed by atoms with E-state index in [1.54, 1.807) is 16.2 Å². The first kappa shape index (κ1) is 17.8. The number of aliphatic imine (C=N–C) groups is 1. The zero-order chi connectivity index (χ0) is 19.6. The molecule has 4 nitrogen and oxygen atoms in total. The molecular weight excluding hydrogens is 398 g/mol. The zero-order valence-corrected chi connectivity index (χ0v) is 16.9. The van der Waals surface area contributed by atoms with Crippen LogP contribution in [0, 0.1) is 0 Å². The van der Waals surface area contributed by atoms with Gasteiger partial charge in [0.1, 0.15) is 0 Å². The average Bonchev–Trinajstić information content (AvgIpc) is 3.34. The Morgan fingerprint density at radius 3 is 2.48 bits per heavy atom. The molecule has 0 radical (unpaired) electrons. The molecule has 1 fully saturated rings. The maximum atomic E-state index is 13.3. The van der Waals surface area contributed by atoms with E-state index in [1.807, 2.05) is 90.4 Å². The van der Waals surface area contributed by atoms with Crippen LogP contribution in [0.2, 0.25) is 0 Å². The van der Waals surface area contributed by atoms with Gasteiger partial charge < -0.3 is 0 Å². The minimum atomic E-state index is -0.0748. The summed E-state index contributed by atoms with van der Waals surface area (Å²) in [6, 6.07) is 25.4. The number of aromatic nitrogens is 1. The smallest absolute Gasteiger partial charge is 0.268 e. The van der Waals surface area contributed by atoms with E-state index < -0.39 is 0 Å². The molecule has 6 heteroatoms. The van der Waals surface area contributed by atoms with Crippen molar-refractivity contribution in [1.82, 2.24) is 4.98 Å². The Hall–Kier alpha value is -3.22. The van der Waals surface area contributed by atoms with Gasteiger partial charge in [-0.3, -0.25) is 9.69 Å². The van der Waals surface area contributed by atoms with Gasteiger partial charge in [0.05, 0.1) is 32.0 Å². The van der Waals surface area contributed by atoms with Crippen molar-refractivity contribution >= 4 is 61.8 Å². The average molecular weight is 414 g/mol. The largest absolute Gasteiger partial charge is 0.271 e. The van der Waals surface area contributed by atoms with Crippen molar-refractivity contribution < 1.29 is 4.79 Å². The van der Waals surface area contributed by atoms with Crippen molar-refractivity contribution in [3.05, 3.63) is 94.8 Å². The van der Waals surface area contributed by atoms with Crippen LogP contribution in [-0.2, 0) is 4.79 Å². The quantitative estimate of drug-likeness (QED) is 0.381. The molecule has 140 valence electrons. The Morgan fingerprint density at radius 1 is 0.931 bits per heavy atom. The van der Waals surface area contributed by atoms with E-state index in [0.29, 0.717) is 10.1 Å². The minimum Gasteiger partial charge on any atom is -0.268 e. The molecule has 29 heavy (non-hydrogen) atoms. The molecule has 3 aromatic carbocycles. The summed E-state index contributed by atoms with van der Waals surface area (Å²) in [5, 5.41) is 0.647. The molecule has 1 aliphatic heterocycles. The number of thioether (sulfide) groups is 1. The van der Waals surface area contributed by atoms with Crippen molar-refractivity contribution in [1.29, 1.82) is 0 Å². The van der Waals surface area contributed by atoms with Gasteiger partial charge >= 0.3 is 0 Å². The van der Waals surface area contributed by atoms with Crippen LogP contribution in [0.25, 0.3) is 16.3 Å². The van der Waals surface area contributed by atoms with E-state index in [9.17, 15) is 4.79 Å². The maximum absolute atomic E-state index is 13.3. The molecule has 0 spiro atoms. The SMILES string of the molecule is O=C1C(=Cc2ccc3scnc3c2)SC(=Nc2ccccc2)N1c1ccccc1. The molecule has 0 atom stereocenters. The van der Waals surface area contributed by atoms with E-state index >= 15 is 0 Å². The summed E-state index contributed by atoms with van der Waals surface area (Å²) < 4.78 is 1.13. The second-order valence-corrected chi connectivity index (χ2v) is 8.29. The monoisotopic (exact) mass is 413 g/mol. The van der Waals surface area contributed by atoms with Gasteiger partial charge in [0.15, 0.2) is 5.17 Å². The highest BCUT2D eigenvalue weighted by Gasteiger charge is 2.34. The number of hydrogen-bond acceptors (Lipinski definition) is 5. The lowest BCUT2D eigenvalue weighted by Gasteiger charge is -2.15. The van der Waals surface area contributed by atoms with Crippen molar-refractivity contribution in [3.63, 3.8) is 0 Å². The Kier molecular flexibility index (Phi) is 4.71. The van der Waals surface area contributed by atoms with Crippen LogP contribution in [0.4, 0.5) is 11.4 Å². The number of anilines is 1. The standard InChI is InChI=1S/C23H15N3OS2/c27-22-21(14-16-11-12-20-19(13-16)24-15-28-20)29-23(25-17-7-3-1-4-8-17)26(22)18-9-5-2-6-10-18/h1-15H. The number of fused-ring (bicyclic) bond motifs is 1. The Bertz CT molecular complexity index is 1250. The van der Waals surface area contributed by atoms with Gasteiger partial charge in [-0.15, -0.1) is 11.3 Å². The van der Waals surface area contributed by atoms with Crippen molar-refractivity contribution in [2.75, 3.05) is 4.90 Å². The predicted octanol–water partition coefficient (Wildman–Crippen LogP) is 6.10. The molecule has 1 aliphatic rings. The predicted molar refractivity (Wildman–Crippen MR) is 123 cm³/mol. The first-order valence-electron chi connectivity index (χ1n) is 9.04. The van der Waals surface area contributed by atoms with Gasteiger partial charge in [0.25, 0.3) is 5.91 Å². The van der Waals surface area contributed by atoms with E-state index in [4.69, 9.17) is 4.99 Å². The normalized spacial score (nSPS) is 17.0. The topological polar surface area (TPSA) is 45.6 Å². The summed E-state index contributed by atoms with van der Waals surface area (Å²) in [4.78, 5) is 24.7. The van der Waals surface area contributed by atoms with Gasteiger partial charge in [-0.1, -0.05) is 42.5 Å². The van der Waals surface area contributed by atoms with E-state index in [2.05, 4.69) is 4.98 Å². The highest BCUT2D eigenvalue weighted by molar-refractivity contribution is 8.19. The number of nitrogens with zero attached hydrogens (tertiary/aromatic N) is 3. The molecular formula is C23H15N3OS2. The summed E-state index contributed by atoms with van der Waals surface area (Å²) in [6.07, 6.45) is 1.91. The fourth-order valence-electron chi connectivity index (χ4n) is 3.08. The van der Waals surface area contributed by atoms with Crippen LogP contribution in [0.5, 0.6) is 0 Å². The Labute approximate surface area is 176 Å². The number of amidine groups is 1. The molecule has 0 N–H and O–H groups in total. The van der Waals surface area contributed by atoms with Crippen LogP contribution < -0.4 is 4.90 Å². The van der Waals surface area contributed by atoms with E-state index in [1.165, 1.54) is 11.8 Å². The third kappa shape index (κ3) is 3.60. The molecule has 0 unspecified atom stereocenters. The van der Waals surface area contributed by atoms with Gasteiger partial charge in [-0.25, -0.2) is 9.98 Å². The number of carbonyl (C=O) groups is 1. The molecule has 1 saturated heterocycles. The van der Waals surface area contributed by atoms with Crippen molar-refractivity contribution in [3.8, 4) is 0 Å². The number of para-hydroxylation sites is 2. The Balaban J connectivity index is 1.57. The third-order valence-electron chi connectivity index (χ3n) is 4.45. The molecule has 0 bridgehead atoms. The lowest BCUT2D eigenvalue weighted by molar-refractivity contribution is -0.113. The van der Waals surface area contributed by atoms with Crippen LogP contribution in [0.15, 0.2) is 94.3 Å². The van der Waals surface area contributed by atoms with Crippen LogP contribution >= 0.6 is 23.1 Å². The molecule has 2 heterocycles. The first-order valence-corrected chi connectivity index (χ1v) is 10.7. The number of carbonyl (C=O) groups excluding carboxylic acids is 1. The van der Waals surface area contributed by atoms with Crippen molar-refractivity contribution in [2.45, 2.75) is 0 Å². The maximum Gasteiger partial charge on any atom is 0.271 e. The molecule has 5 rings (SSSR count). The number of thiazole rings is 1.